The maximum atomic E-state index is 12.6. The van der Waals surface area contributed by atoms with Crippen LogP contribution in [0.5, 0.6) is 0 Å². The summed E-state index contributed by atoms with van der Waals surface area (Å²) in [7, 11) is 0. The summed E-state index contributed by atoms with van der Waals surface area (Å²) in [6, 6.07) is 16.7. The van der Waals surface area contributed by atoms with Crippen molar-refractivity contribution in [2.24, 2.45) is 0 Å². The number of piperazine rings is 1. The molecular formula is C23H31N3O. The van der Waals surface area contributed by atoms with Gasteiger partial charge in [-0.3, -0.25) is 9.69 Å². The predicted octanol–water partition coefficient (Wildman–Crippen LogP) is 4.05. The van der Waals surface area contributed by atoms with E-state index in [-0.39, 0.29) is 11.3 Å². The van der Waals surface area contributed by atoms with Crippen LogP contribution in [0, 0.1) is 6.92 Å². The highest BCUT2D eigenvalue weighted by Gasteiger charge is 2.21. The van der Waals surface area contributed by atoms with Crippen molar-refractivity contribution in [2.45, 2.75) is 33.1 Å². The number of anilines is 2. The molecule has 4 nitrogen and oxygen atoms in total. The van der Waals surface area contributed by atoms with Gasteiger partial charge in [-0.15, -0.1) is 0 Å². The second-order valence-corrected chi connectivity index (χ2v) is 8.45. The lowest BCUT2D eigenvalue weighted by Gasteiger charge is -2.36. The Kier molecular flexibility index (Phi) is 5.85. The van der Waals surface area contributed by atoms with E-state index in [1.165, 1.54) is 16.8 Å². The number of amides is 1. The Morgan fingerprint density at radius 3 is 2.37 bits per heavy atom. The van der Waals surface area contributed by atoms with Crippen molar-refractivity contribution in [2.75, 3.05) is 42.9 Å². The van der Waals surface area contributed by atoms with Crippen molar-refractivity contribution in [1.29, 1.82) is 0 Å². The molecule has 0 atom stereocenters. The van der Waals surface area contributed by atoms with Crippen molar-refractivity contribution in [1.82, 2.24) is 4.90 Å². The molecule has 1 N–H and O–H groups in total. The summed E-state index contributed by atoms with van der Waals surface area (Å²) in [5, 5.41) is 3.12. The van der Waals surface area contributed by atoms with Crippen LogP contribution in [0.3, 0.4) is 0 Å². The van der Waals surface area contributed by atoms with E-state index in [9.17, 15) is 4.79 Å². The maximum Gasteiger partial charge on any atom is 0.238 e. The van der Waals surface area contributed by atoms with Crippen LogP contribution in [0.2, 0.25) is 0 Å². The smallest absolute Gasteiger partial charge is 0.238 e. The van der Waals surface area contributed by atoms with Gasteiger partial charge in [0.25, 0.3) is 0 Å². The van der Waals surface area contributed by atoms with Gasteiger partial charge in [-0.2, -0.15) is 0 Å². The first kappa shape index (κ1) is 19.4. The van der Waals surface area contributed by atoms with Gasteiger partial charge in [0, 0.05) is 37.6 Å². The van der Waals surface area contributed by atoms with E-state index in [1.807, 2.05) is 18.2 Å². The zero-order valence-electron chi connectivity index (χ0n) is 17.0. The van der Waals surface area contributed by atoms with Crippen molar-refractivity contribution >= 4 is 17.3 Å². The standard InChI is InChI=1S/C23H31N3O/c1-18-8-7-9-19(16-18)26-14-12-25(13-15-26)17-22(27)24-21-11-6-5-10-20(21)23(2,3)4/h5-11,16H,12-15,17H2,1-4H3,(H,24,27). The third-order valence-electron chi connectivity index (χ3n) is 5.12. The Bertz CT molecular complexity index is 786. The molecular weight excluding hydrogens is 334 g/mol. The van der Waals surface area contributed by atoms with Crippen LogP contribution in [0.15, 0.2) is 48.5 Å². The predicted molar refractivity (Wildman–Crippen MR) is 114 cm³/mol. The Morgan fingerprint density at radius 1 is 1.00 bits per heavy atom. The Balaban J connectivity index is 1.55. The molecule has 2 aromatic rings. The first-order valence-corrected chi connectivity index (χ1v) is 9.76. The number of hydrogen-bond donors (Lipinski definition) is 1. The van der Waals surface area contributed by atoms with Gasteiger partial charge in [0.05, 0.1) is 6.54 Å². The second-order valence-electron chi connectivity index (χ2n) is 8.45. The fraction of sp³-hybridized carbons (Fsp3) is 0.435. The Labute approximate surface area is 163 Å². The Hall–Kier alpha value is -2.33. The number of benzene rings is 2. The molecule has 0 radical (unpaired) electrons. The van der Waals surface area contributed by atoms with Crippen LogP contribution in [-0.2, 0) is 10.2 Å². The minimum atomic E-state index is 0.00329. The molecule has 0 bridgehead atoms. The number of aryl methyl sites for hydroxylation is 1. The number of para-hydroxylation sites is 1. The molecule has 1 aliphatic rings. The molecule has 1 heterocycles. The van der Waals surface area contributed by atoms with E-state index in [0.717, 1.165) is 31.9 Å². The SMILES string of the molecule is Cc1cccc(N2CCN(CC(=O)Nc3ccccc3C(C)(C)C)CC2)c1. The largest absolute Gasteiger partial charge is 0.369 e. The van der Waals surface area contributed by atoms with Gasteiger partial charge in [-0.25, -0.2) is 0 Å². The van der Waals surface area contributed by atoms with Crippen molar-refractivity contribution in [3.63, 3.8) is 0 Å². The summed E-state index contributed by atoms with van der Waals surface area (Å²) in [6.45, 7) is 12.8. The monoisotopic (exact) mass is 365 g/mol. The van der Waals surface area contributed by atoms with Gasteiger partial charge < -0.3 is 10.2 Å². The number of carbonyl (C=O) groups excluding carboxylic acids is 1. The first-order chi connectivity index (χ1) is 12.8. The highest BCUT2D eigenvalue weighted by atomic mass is 16.2. The molecule has 1 saturated heterocycles. The third-order valence-corrected chi connectivity index (χ3v) is 5.12. The summed E-state index contributed by atoms with van der Waals surface area (Å²) in [6.07, 6.45) is 0. The summed E-state index contributed by atoms with van der Waals surface area (Å²) < 4.78 is 0. The molecule has 1 fully saturated rings. The summed E-state index contributed by atoms with van der Waals surface area (Å²) in [4.78, 5) is 17.2. The van der Waals surface area contributed by atoms with Crippen molar-refractivity contribution in [3.05, 3.63) is 59.7 Å². The van der Waals surface area contributed by atoms with E-state index in [0.29, 0.717) is 6.54 Å². The van der Waals surface area contributed by atoms with Gasteiger partial charge in [0.2, 0.25) is 5.91 Å². The average Bonchev–Trinajstić information content (AvgIpc) is 2.62. The zero-order chi connectivity index (χ0) is 19.4. The van der Waals surface area contributed by atoms with E-state index in [1.54, 1.807) is 0 Å². The molecule has 144 valence electrons. The van der Waals surface area contributed by atoms with Crippen LogP contribution in [0.4, 0.5) is 11.4 Å². The number of nitrogens with zero attached hydrogens (tertiary/aromatic N) is 2. The zero-order valence-corrected chi connectivity index (χ0v) is 17.0. The minimum absolute atomic E-state index is 0.00329. The summed E-state index contributed by atoms with van der Waals surface area (Å²) in [5.41, 5.74) is 4.66. The number of hydrogen-bond acceptors (Lipinski definition) is 3. The molecule has 1 aliphatic heterocycles. The Morgan fingerprint density at radius 2 is 1.70 bits per heavy atom. The van der Waals surface area contributed by atoms with Gasteiger partial charge >= 0.3 is 0 Å². The van der Waals surface area contributed by atoms with E-state index >= 15 is 0 Å². The fourth-order valence-electron chi connectivity index (χ4n) is 3.63. The fourth-order valence-corrected chi connectivity index (χ4v) is 3.63. The third kappa shape index (κ3) is 5.10. The molecule has 0 unspecified atom stereocenters. The minimum Gasteiger partial charge on any atom is -0.369 e. The van der Waals surface area contributed by atoms with Crippen LogP contribution in [-0.4, -0.2) is 43.5 Å². The molecule has 1 amide bonds. The number of rotatable bonds is 4. The normalized spacial score (nSPS) is 15.6. The lowest BCUT2D eigenvalue weighted by atomic mass is 9.86. The van der Waals surface area contributed by atoms with Gasteiger partial charge in [-0.1, -0.05) is 51.1 Å². The van der Waals surface area contributed by atoms with Gasteiger partial charge in [-0.05, 0) is 41.7 Å². The average molecular weight is 366 g/mol. The summed E-state index contributed by atoms with van der Waals surface area (Å²) >= 11 is 0. The van der Waals surface area contributed by atoms with Crippen molar-refractivity contribution in [3.8, 4) is 0 Å². The molecule has 4 heteroatoms. The molecule has 0 aliphatic carbocycles. The summed E-state index contributed by atoms with van der Waals surface area (Å²) in [5.74, 6) is 0.0655. The lowest BCUT2D eigenvalue weighted by Crippen LogP contribution is -2.48. The van der Waals surface area contributed by atoms with Crippen LogP contribution in [0.1, 0.15) is 31.9 Å². The first-order valence-electron chi connectivity index (χ1n) is 9.76. The molecule has 0 aromatic heterocycles. The van der Waals surface area contributed by atoms with Crippen LogP contribution in [0.25, 0.3) is 0 Å². The molecule has 3 rings (SSSR count). The highest BCUT2D eigenvalue weighted by molar-refractivity contribution is 5.93. The quantitative estimate of drug-likeness (QED) is 0.888. The van der Waals surface area contributed by atoms with Gasteiger partial charge in [0.1, 0.15) is 0 Å². The van der Waals surface area contributed by atoms with E-state index < -0.39 is 0 Å². The lowest BCUT2D eigenvalue weighted by molar-refractivity contribution is -0.117. The second kappa shape index (κ2) is 8.13. The van der Waals surface area contributed by atoms with E-state index in [4.69, 9.17) is 0 Å². The number of carbonyl (C=O) groups is 1. The number of nitrogens with one attached hydrogen (secondary N) is 1. The highest BCUT2D eigenvalue weighted by Crippen LogP contribution is 2.29. The van der Waals surface area contributed by atoms with Crippen LogP contribution >= 0.6 is 0 Å². The molecule has 0 saturated carbocycles. The topological polar surface area (TPSA) is 35.6 Å². The molecule has 0 spiro atoms. The maximum absolute atomic E-state index is 12.6. The van der Waals surface area contributed by atoms with E-state index in [2.05, 4.69) is 73.1 Å². The van der Waals surface area contributed by atoms with Crippen LogP contribution < -0.4 is 10.2 Å². The van der Waals surface area contributed by atoms with Crippen molar-refractivity contribution < 1.29 is 4.79 Å². The van der Waals surface area contributed by atoms with Gasteiger partial charge in [0.15, 0.2) is 0 Å². The molecule has 27 heavy (non-hydrogen) atoms. The molecule has 2 aromatic carbocycles.